The lowest BCUT2D eigenvalue weighted by Crippen LogP contribution is -2.37. The zero-order chi connectivity index (χ0) is 14.5. The van der Waals surface area contributed by atoms with Crippen molar-refractivity contribution in [2.75, 3.05) is 13.7 Å². The molecule has 1 rings (SSSR count). The van der Waals surface area contributed by atoms with E-state index in [1.54, 1.807) is 12.1 Å². The Morgan fingerprint density at radius 2 is 2.05 bits per heavy atom. The number of rotatable bonds is 6. The molecule has 1 aromatic carbocycles. The van der Waals surface area contributed by atoms with Crippen molar-refractivity contribution in [3.63, 3.8) is 0 Å². The Labute approximate surface area is 113 Å². The average Bonchev–Trinajstić information content (AvgIpc) is 2.43. The second-order valence-corrected chi connectivity index (χ2v) is 5.74. The molecule has 0 spiro atoms. The number of nitrogens with two attached hydrogens (primary N) is 1. The summed E-state index contributed by atoms with van der Waals surface area (Å²) in [5.41, 5.74) is 5.67. The van der Waals surface area contributed by atoms with Crippen LogP contribution >= 0.6 is 0 Å². The highest BCUT2D eigenvalue weighted by Gasteiger charge is 2.22. The number of esters is 1. The number of ether oxygens (including phenoxy) is 1. The Morgan fingerprint density at radius 1 is 1.42 bits per heavy atom. The van der Waals surface area contributed by atoms with Gasteiger partial charge in [-0.3, -0.25) is 0 Å². The maximum atomic E-state index is 12.1. The molecule has 0 saturated heterocycles. The predicted octanol–water partition coefficient (Wildman–Crippen LogP) is 0.489. The minimum Gasteiger partial charge on any atom is -0.465 e. The van der Waals surface area contributed by atoms with Crippen LogP contribution in [0.4, 0.5) is 0 Å². The van der Waals surface area contributed by atoms with E-state index in [0.717, 1.165) is 0 Å². The Kier molecular flexibility index (Phi) is 5.46. The highest BCUT2D eigenvalue weighted by Crippen LogP contribution is 2.16. The molecule has 19 heavy (non-hydrogen) atoms. The Bertz CT molecular complexity index is 542. The summed E-state index contributed by atoms with van der Waals surface area (Å²) in [4.78, 5) is 11.4. The van der Waals surface area contributed by atoms with Crippen LogP contribution in [-0.2, 0) is 14.8 Å². The van der Waals surface area contributed by atoms with Gasteiger partial charge in [0.25, 0.3) is 0 Å². The molecular formula is C12H18N2O4S. The van der Waals surface area contributed by atoms with Crippen molar-refractivity contribution >= 4 is 16.0 Å². The van der Waals surface area contributed by atoms with Gasteiger partial charge in [-0.05, 0) is 18.6 Å². The fourth-order valence-corrected chi connectivity index (χ4v) is 2.71. The Morgan fingerprint density at radius 3 is 2.63 bits per heavy atom. The van der Waals surface area contributed by atoms with E-state index in [9.17, 15) is 13.2 Å². The van der Waals surface area contributed by atoms with Crippen molar-refractivity contribution in [1.82, 2.24) is 4.72 Å². The predicted molar refractivity (Wildman–Crippen MR) is 71.2 cm³/mol. The first-order chi connectivity index (χ1) is 8.92. The zero-order valence-corrected chi connectivity index (χ0v) is 11.7. The standard InChI is InChI=1S/C12H18N2O4S/c1-3-9(13)8-14-19(16,17)11-7-5-4-6-10(11)12(15)18-2/h4-7,9,14H,3,8,13H2,1-2H3. The molecule has 0 heterocycles. The van der Waals surface area contributed by atoms with E-state index in [1.807, 2.05) is 6.92 Å². The fourth-order valence-electron chi connectivity index (χ4n) is 1.42. The molecule has 0 bridgehead atoms. The van der Waals surface area contributed by atoms with Crippen LogP contribution in [0.5, 0.6) is 0 Å². The van der Waals surface area contributed by atoms with Crippen LogP contribution in [0.15, 0.2) is 29.2 Å². The van der Waals surface area contributed by atoms with Crippen LogP contribution in [-0.4, -0.2) is 34.1 Å². The van der Waals surface area contributed by atoms with Crippen LogP contribution in [0, 0.1) is 0 Å². The summed E-state index contributed by atoms with van der Waals surface area (Å²) < 4.78 is 31.2. The summed E-state index contributed by atoms with van der Waals surface area (Å²) in [6.45, 7) is 1.98. The number of hydrogen-bond donors (Lipinski definition) is 2. The van der Waals surface area contributed by atoms with Gasteiger partial charge in [0.1, 0.15) is 0 Å². The summed E-state index contributed by atoms with van der Waals surface area (Å²) in [5.74, 6) is -0.694. The van der Waals surface area contributed by atoms with Gasteiger partial charge in [0.15, 0.2) is 0 Å². The van der Waals surface area contributed by atoms with Crippen LogP contribution < -0.4 is 10.5 Å². The van der Waals surface area contributed by atoms with Gasteiger partial charge in [0, 0.05) is 12.6 Å². The van der Waals surface area contributed by atoms with E-state index in [4.69, 9.17) is 5.73 Å². The number of carbonyl (C=O) groups excluding carboxylic acids is 1. The van der Waals surface area contributed by atoms with Crippen molar-refractivity contribution in [2.45, 2.75) is 24.3 Å². The third-order valence-electron chi connectivity index (χ3n) is 2.64. The fraction of sp³-hybridized carbons (Fsp3) is 0.417. The third kappa shape index (κ3) is 4.02. The number of nitrogens with one attached hydrogen (secondary N) is 1. The molecule has 0 saturated carbocycles. The van der Waals surface area contributed by atoms with Crippen molar-refractivity contribution < 1.29 is 17.9 Å². The second-order valence-electron chi connectivity index (χ2n) is 4.01. The summed E-state index contributed by atoms with van der Waals surface area (Å²) in [5, 5.41) is 0. The highest BCUT2D eigenvalue weighted by molar-refractivity contribution is 7.89. The first-order valence-corrected chi connectivity index (χ1v) is 7.33. The van der Waals surface area contributed by atoms with Gasteiger partial charge in [0.2, 0.25) is 10.0 Å². The Hall–Kier alpha value is -1.44. The smallest absolute Gasteiger partial charge is 0.339 e. The van der Waals surface area contributed by atoms with Gasteiger partial charge in [-0.15, -0.1) is 0 Å². The molecule has 0 aliphatic heterocycles. The van der Waals surface area contributed by atoms with Crippen molar-refractivity contribution in [3.05, 3.63) is 29.8 Å². The van der Waals surface area contributed by atoms with Crippen molar-refractivity contribution in [1.29, 1.82) is 0 Å². The number of benzene rings is 1. The molecule has 0 amide bonds. The molecule has 1 unspecified atom stereocenters. The van der Waals surface area contributed by atoms with Crippen LogP contribution in [0.2, 0.25) is 0 Å². The molecule has 0 aliphatic rings. The summed E-state index contributed by atoms with van der Waals surface area (Å²) in [7, 11) is -2.58. The largest absolute Gasteiger partial charge is 0.465 e. The lowest BCUT2D eigenvalue weighted by molar-refractivity contribution is 0.0596. The minimum atomic E-state index is -3.78. The first-order valence-electron chi connectivity index (χ1n) is 5.85. The highest BCUT2D eigenvalue weighted by atomic mass is 32.2. The molecule has 0 aromatic heterocycles. The lowest BCUT2D eigenvalue weighted by Gasteiger charge is -2.12. The van der Waals surface area contributed by atoms with E-state index in [1.165, 1.54) is 19.2 Å². The van der Waals surface area contributed by atoms with E-state index in [0.29, 0.717) is 6.42 Å². The molecule has 6 nitrogen and oxygen atoms in total. The van der Waals surface area contributed by atoms with E-state index < -0.39 is 16.0 Å². The van der Waals surface area contributed by atoms with E-state index in [-0.39, 0.29) is 23.0 Å². The summed E-state index contributed by atoms with van der Waals surface area (Å²) in [6, 6.07) is 5.61. The lowest BCUT2D eigenvalue weighted by atomic mass is 10.2. The number of carbonyl (C=O) groups is 1. The molecule has 1 aromatic rings. The number of hydrogen-bond acceptors (Lipinski definition) is 5. The molecule has 1 atom stereocenters. The van der Waals surface area contributed by atoms with Gasteiger partial charge < -0.3 is 10.5 Å². The van der Waals surface area contributed by atoms with Crippen molar-refractivity contribution in [3.8, 4) is 0 Å². The second kappa shape index (κ2) is 6.65. The van der Waals surface area contributed by atoms with Crippen LogP contribution in [0.25, 0.3) is 0 Å². The van der Waals surface area contributed by atoms with E-state index >= 15 is 0 Å². The number of methoxy groups -OCH3 is 1. The molecule has 0 radical (unpaired) electrons. The Balaban J connectivity index is 3.04. The average molecular weight is 286 g/mol. The monoisotopic (exact) mass is 286 g/mol. The summed E-state index contributed by atoms with van der Waals surface area (Å²) in [6.07, 6.45) is 0.654. The van der Waals surface area contributed by atoms with Gasteiger partial charge >= 0.3 is 5.97 Å². The maximum absolute atomic E-state index is 12.1. The molecule has 3 N–H and O–H groups in total. The maximum Gasteiger partial charge on any atom is 0.339 e. The molecule has 0 fully saturated rings. The van der Waals surface area contributed by atoms with Gasteiger partial charge in [-0.2, -0.15) is 0 Å². The minimum absolute atomic E-state index is 0.00238. The molecule has 106 valence electrons. The van der Waals surface area contributed by atoms with Gasteiger partial charge in [-0.25, -0.2) is 17.9 Å². The molecular weight excluding hydrogens is 268 g/mol. The quantitative estimate of drug-likeness (QED) is 0.741. The SMILES string of the molecule is CCC(N)CNS(=O)(=O)c1ccccc1C(=O)OC. The first kappa shape index (κ1) is 15.6. The summed E-state index contributed by atoms with van der Waals surface area (Å²) >= 11 is 0. The van der Waals surface area contributed by atoms with Gasteiger partial charge in [-0.1, -0.05) is 19.1 Å². The van der Waals surface area contributed by atoms with E-state index in [2.05, 4.69) is 9.46 Å². The molecule has 0 aliphatic carbocycles. The van der Waals surface area contributed by atoms with Crippen LogP contribution in [0.1, 0.15) is 23.7 Å². The zero-order valence-electron chi connectivity index (χ0n) is 10.9. The molecule has 7 heteroatoms. The van der Waals surface area contributed by atoms with Gasteiger partial charge in [0.05, 0.1) is 17.6 Å². The normalized spacial score (nSPS) is 13.0. The third-order valence-corrected chi connectivity index (χ3v) is 4.12. The topological polar surface area (TPSA) is 98.5 Å². The van der Waals surface area contributed by atoms with Crippen molar-refractivity contribution in [2.24, 2.45) is 5.73 Å². The van der Waals surface area contributed by atoms with Crippen LogP contribution in [0.3, 0.4) is 0 Å². The number of sulfonamides is 1.